The molecule has 2 aliphatic heterocycles. The van der Waals surface area contributed by atoms with Gasteiger partial charge >= 0.3 is 5.97 Å². The smallest absolute Gasteiger partial charge is 0.336 e. The maximum absolute atomic E-state index is 13.4. The van der Waals surface area contributed by atoms with Crippen LogP contribution in [0.15, 0.2) is 57.7 Å². The van der Waals surface area contributed by atoms with Crippen molar-refractivity contribution >= 4 is 33.4 Å². The van der Waals surface area contributed by atoms with Gasteiger partial charge in [-0.25, -0.2) is 4.79 Å². The van der Waals surface area contributed by atoms with E-state index in [0.29, 0.717) is 33.9 Å². The van der Waals surface area contributed by atoms with E-state index in [9.17, 15) is 9.59 Å². The summed E-state index contributed by atoms with van der Waals surface area (Å²) in [6.45, 7) is 1.95. The number of fused-ring (bicyclic) bond motifs is 3. The van der Waals surface area contributed by atoms with E-state index in [2.05, 4.69) is 21.2 Å². The Labute approximate surface area is 175 Å². The summed E-state index contributed by atoms with van der Waals surface area (Å²) in [6.07, 6.45) is 0. The van der Waals surface area contributed by atoms with Gasteiger partial charge < -0.3 is 19.5 Å². The number of rotatable bonds is 2. The number of carbonyl (C=O) groups excluding carboxylic acids is 2. The summed E-state index contributed by atoms with van der Waals surface area (Å²) in [5.41, 5.74) is 4.48. The number of ketones is 1. The van der Waals surface area contributed by atoms with E-state index in [4.69, 9.17) is 14.2 Å². The number of hydrogen-bond acceptors (Lipinski definition) is 6. The molecule has 0 aromatic heterocycles. The number of halogens is 1. The number of esters is 1. The summed E-state index contributed by atoms with van der Waals surface area (Å²) in [5, 5.41) is 3.27. The number of carbonyl (C=O) groups is 2. The van der Waals surface area contributed by atoms with Crippen molar-refractivity contribution in [3.63, 3.8) is 0 Å². The Morgan fingerprint density at radius 2 is 1.86 bits per heavy atom. The molecule has 146 valence electrons. The lowest BCUT2D eigenvalue weighted by atomic mass is 9.79. The molecule has 29 heavy (non-hydrogen) atoms. The summed E-state index contributed by atoms with van der Waals surface area (Å²) < 4.78 is 16.8. The molecule has 0 saturated carbocycles. The first-order chi connectivity index (χ1) is 14.0. The third-order valence-electron chi connectivity index (χ3n) is 5.46. The van der Waals surface area contributed by atoms with Gasteiger partial charge in [-0.2, -0.15) is 0 Å². The molecular formula is C22H16BrNO5. The minimum absolute atomic E-state index is 0.105. The molecule has 2 aromatic carbocycles. The van der Waals surface area contributed by atoms with Crippen LogP contribution in [0.3, 0.4) is 0 Å². The van der Waals surface area contributed by atoms with Crippen LogP contribution in [-0.2, 0) is 9.53 Å². The van der Waals surface area contributed by atoms with Crippen LogP contribution in [0.4, 0.5) is 0 Å². The predicted molar refractivity (Wildman–Crippen MR) is 109 cm³/mol. The van der Waals surface area contributed by atoms with Crippen molar-refractivity contribution in [3.05, 3.63) is 74.4 Å². The molecule has 0 amide bonds. The zero-order chi connectivity index (χ0) is 20.3. The first-order valence-corrected chi connectivity index (χ1v) is 9.84. The van der Waals surface area contributed by atoms with Crippen LogP contribution in [-0.4, -0.2) is 25.7 Å². The summed E-state index contributed by atoms with van der Waals surface area (Å²) >= 11 is 3.59. The average molecular weight is 454 g/mol. The maximum Gasteiger partial charge on any atom is 0.336 e. The van der Waals surface area contributed by atoms with Crippen molar-refractivity contribution < 1.29 is 23.8 Å². The fourth-order valence-corrected chi connectivity index (χ4v) is 4.73. The standard InChI is InChI=1S/C22H16BrNO5/c1-10-17(22(26)27-2)18(13-7-15-16(8-14(13)23)29-9-28-15)19-20(24-10)11-5-3-4-6-12(11)21(19)25/h3-8,18,24H,9H2,1-2H3/t18-/m1/s1. The van der Waals surface area contributed by atoms with Gasteiger partial charge in [0.05, 0.1) is 24.3 Å². The molecule has 0 saturated heterocycles. The zero-order valence-electron chi connectivity index (χ0n) is 15.7. The second-order valence-corrected chi connectivity index (χ2v) is 7.83. The normalized spacial score (nSPS) is 19.1. The first-order valence-electron chi connectivity index (χ1n) is 9.04. The van der Waals surface area contributed by atoms with E-state index in [-0.39, 0.29) is 12.6 Å². The number of ether oxygens (including phenoxy) is 3. The van der Waals surface area contributed by atoms with Crippen molar-refractivity contribution in [2.24, 2.45) is 0 Å². The van der Waals surface area contributed by atoms with Crippen LogP contribution in [0.1, 0.15) is 34.3 Å². The van der Waals surface area contributed by atoms with Gasteiger partial charge in [0.15, 0.2) is 17.3 Å². The third-order valence-corrected chi connectivity index (χ3v) is 6.14. The van der Waals surface area contributed by atoms with E-state index in [0.717, 1.165) is 21.3 Å². The highest BCUT2D eigenvalue weighted by atomic mass is 79.9. The number of allylic oxidation sites excluding steroid dienone is 2. The molecule has 6 nitrogen and oxygen atoms in total. The van der Waals surface area contributed by atoms with Gasteiger partial charge in [0, 0.05) is 26.9 Å². The highest BCUT2D eigenvalue weighted by molar-refractivity contribution is 9.10. The molecule has 0 bridgehead atoms. The van der Waals surface area contributed by atoms with Crippen molar-refractivity contribution in [1.29, 1.82) is 0 Å². The number of nitrogens with one attached hydrogen (secondary N) is 1. The minimum atomic E-state index is -0.609. The van der Waals surface area contributed by atoms with Crippen molar-refractivity contribution in [2.75, 3.05) is 13.9 Å². The van der Waals surface area contributed by atoms with E-state index >= 15 is 0 Å². The Morgan fingerprint density at radius 1 is 1.17 bits per heavy atom. The fraction of sp³-hybridized carbons (Fsp3) is 0.182. The quantitative estimate of drug-likeness (QED) is 0.694. The zero-order valence-corrected chi connectivity index (χ0v) is 17.3. The van der Waals surface area contributed by atoms with Crippen LogP contribution in [0, 0.1) is 0 Å². The van der Waals surface area contributed by atoms with Gasteiger partial charge in [-0.15, -0.1) is 0 Å². The first kappa shape index (κ1) is 18.0. The minimum Gasteiger partial charge on any atom is -0.466 e. The van der Waals surface area contributed by atoms with Gasteiger partial charge in [0.1, 0.15) is 0 Å². The molecule has 1 N–H and O–H groups in total. The largest absolute Gasteiger partial charge is 0.466 e. The second kappa shape index (κ2) is 6.49. The fourth-order valence-electron chi connectivity index (χ4n) is 4.17. The second-order valence-electron chi connectivity index (χ2n) is 6.98. The highest BCUT2D eigenvalue weighted by Gasteiger charge is 2.43. The molecular weight excluding hydrogens is 438 g/mol. The lowest BCUT2D eigenvalue weighted by molar-refractivity contribution is -0.136. The lowest BCUT2D eigenvalue weighted by Gasteiger charge is -2.29. The molecule has 2 heterocycles. The summed E-state index contributed by atoms with van der Waals surface area (Å²) in [5.74, 6) is -0.00672. The van der Waals surface area contributed by atoms with Crippen molar-refractivity contribution in [2.45, 2.75) is 12.8 Å². The number of Topliss-reactive ketones (excluding diaryl/α,β-unsaturated/α-hetero) is 1. The van der Waals surface area contributed by atoms with E-state index in [1.807, 2.05) is 31.2 Å². The molecule has 5 rings (SSSR count). The molecule has 0 spiro atoms. The summed E-state index contributed by atoms with van der Waals surface area (Å²) in [4.78, 5) is 26.1. The number of dihydropyridines is 1. The van der Waals surface area contributed by atoms with E-state index < -0.39 is 11.9 Å². The molecule has 3 aliphatic rings. The van der Waals surface area contributed by atoms with Gasteiger partial charge in [0.2, 0.25) is 6.79 Å². The van der Waals surface area contributed by atoms with Gasteiger partial charge in [-0.3, -0.25) is 4.79 Å². The summed E-state index contributed by atoms with van der Waals surface area (Å²) in [7, 11) is 1.34. The van der Waals surface area contributed by atoms with Crippen LogP contribution in [0.2, 0.25) is 0 Å². The monoisotopic (exact) mass is 453 g/mol. The lowest BCUT2D eigenvalue weighted by Crippen LogP contribution is -2.29. The van der Waals surface area contributed by atoms with Gasteiger partial charge in [-0.1, -0.05) is 40.2 Å². The van der Waals surface area contributed by atoms with Crippen LogP contribution in [0.5, 0.6) is 11.5 Å². The molecule has 0 unspecified atom stereocenters. The Bertz CT molecular complexity index is 1160. The van der Waals surface area contributed by atoms with Crippen molar-refractivity contribution in [3.8, 4) is 11.5 Å². The highest BCUT2D eigenvalue weighted by Crippen LogP contribution is 2.50. The summed E-state index contributed by atoms with van der Waals surface area (Å²) in [6, 6.07) is 11.1. The van der Waals surface area contributed by atoms with E-state index in [1.54, 1.807) is 12.1 Å². The number of methoxy groups -OCH3 is 1. The predicted octanol–water partition coefficient (Wildman–Crippen LogP) is 3.92. The molecule has 1 aliphatic carbocycles. The number of hydrogen-bond donors (Lipinski definition) is 1. The third kappa shape index (κ3) is 2.54. The topological polar surface area (TPSA) is 73.9 Å². The Kier molecular flexibility index (Phi) is 4.03. The molecule has 1 atom stereocenters. The SMILES string of the molecule is COC(=O)C1=C(C)NC2=C(C(=O)c3ccccc32)[C@@H]1c1cc2c(cc1Br)OCO2. The molecule has 0 radical (unpaired) electrons. The van der Waals surface area contributed by atoms with Crippen LogP contribution < -0.4 is 14.8 Å². The van der Waals surface area contributed by atoms with E-state index in [1.165, 1.54) is 7.11 Å². The Morgan fingerprint density at radius 3 is 2.59 bits per heavy atom. The molecule has 2 aromatic rings. The number of benzene rings is 2. The molecule has 0 fully saturated rings. The van der Waals surface area contributed by atoms with Gasteiger partial charge in [-0.05, 0) is 24.6 Å². The molecule has 7 heteroatoms. The Hall–Kier alpha value is -3.06. The Balaban J connectivity index is 1.77. The maximum atomic E-state index is 13.4. The van der Waals surface area contributed by atoms with Crippen LogP contribution >= 0.6 is 15.9 Å². The van der Waals surface area contributed by atoms with Crippen molar-refractivity contribution in [1.82, 2.24) is 5.32 Å². The van der Waals surface area contributed by atoms with Crippen LogP contribution in [0.25, 0.3) is 5.70 Å². The van der Waals surface area contributed by atoms with Gasteiger partial charge in [0.25, 0.3) is 0 Å². The average Bonchev–Trinajstić information content (AvgIpc) is 3.28.